The number of nitrogens with zero attached hydrogens (tertiary/aromatic N) is 5. The number of hydrogen-bond donors (Lipinski definition) is 2. The van der Waals surface area contributed by atoms with Crippen LogP contribution in [0, 0.1) is 23.0 Å². The van der Waals surface area contributed by atoms with E-state index in [-0.39, 0.29) is 29.3 Å². The molecule has 2 heterocycles. The molecule has 28 heavy (non-hydrogen) atoms. The molecule has 0 aliphatic rings. The summed E-state index contributed by atoms with van der Waals surface area (Å²) in [6.45, 7) is 0.0756. The van der Waals surface area contributed by atoms with E-state index < -0.39 is 11.6 Å². The van der Waals surface area contributed by atoms with Crippen molar-refractivity contribution in [3.8, 4) is 17.3 Å². The molecule has 0 saturated carbocycles. The number of aromatic nitrogens is 4. The third kappa shape index (κ3) is 2.87. The minimum Gasteiger partial charge on any atom is -0.399 e. The summed E-state index contributed by atoms with van der Waals surface area (Å²) in [4.78, 5) is 8.30. The zero-order chi connectivity index (χ0) is 19.8. The van der Waals surface area contributed by atoms with Crippen LogP contribution in [0.15, 0.2) is 42.6 Å². The number of anilines is 2. The zero-order valence-corrected chi connectivity index (χ0v) is 14.4. The maximum absolute atomic E-state index is 14.7. The fourth-order valence-electron chi connectivity index (χ4n) is 2.95. The number of nitrogens with two attached hydrogens (primary N) is 2. The molecule has 0 saturated heterocycles. The molecule has 0 aliphatic carbocycles. The molecule has 0 unspecified atom stereocenters. The average molecular weight is 377 g/mol. The first-order chi connectivity index (χ1) is 13.5. The minimum atomic E-state index is -0.707. The number of hydrogen-bond acceptors (Lipinski definition) is 6. The van der Waals surface area contributed by atoms with Crippen LogP contribution >= 0.6 is 0 Å². The molecule has 2 aromatic heterocycles. The monoisotopic (exact) mass is 377 g/mol. The Morgan fingerprint density at radius 3 is 2.68 bits per heavy atom. The van der Waals surface area contributed by atoms with Crippen LogP contribution in [0.25, 0.3) is 22.3 Å². The Morgan fingerprint density at radius 2 is 1.93 bits per heavy atom. The third-order valence-electron chi connectivity index (χ3n) is 4.29. The van der Waals surface area contributed by atoms with Crippen LogP contribution in [-0.4, -0.2) is 19.7 Å². The van der Waals surface area contributed by atoms with Gasteiger partial charge in [-0.05, 0) is 24.3 Å². The molecule has 4 aromatic rings. The molecule has 0 amide bonds. The van der Waals surface area contributed by atoms with Crippen molar-refractivity contribution in [3.63, 3.8) is 0 Å². The summed E-state index contributed by atoms with van der Waals surface area (Å²) in [5.74, 6) is -1.27. The van der Waals surface area contributed by atoms with Crippen LogP contribution < -0.4 is 11.5 Å². The summed E-state index contributed by atoms with van der Waals surface area (Å²) < 4.78 is 30.2. The van der Waals surface area contributed by atoms with E-state index in [0.717, 1.165) is 0 Å². The quantitative estimate of drug-likeness (QED) is 0.530. The molecular weight excluding hydrogens is 364 g/mol. The van der Waals surface area contributed by atoms with Crippen LogP contribution in [0.5, 0.6) is 0 Å². The van der Waals surface area contributed by atoms with E-state index in [1.54, 1.807) is 24.3 Å². The maximum Gasteiger partial charge on any atom is 0.222 e. The van der Waals surface area contributed by atoms with E-state index >= 15 is 0 Å². The molecule has 9 heteroatoms. The standard InChI is InChI=1S/C19H13F2N7/c20-15-6-12(23)5-4-11(15)9-28-18-14(8-25-28)17(26-19(24)27-18)13-3-1-2-10(7-22)16(13)21/h1-6,8H,9,23H2,(H2,24,26,27). The molecule has 4 N–H and O–H groups in total. The van der Waals surface area contributed by atoms with Gasteiger partial charge in [0.15, 0.2) is 5.65 Å². The van der Waals surface area contributed by atoms with E-state index in [2.05, 4.69) is 15.1 Å². The summed E-state index contributed by atoms with van der Waals surface area (Å²) in [7, 11) is 0. The number of halogens is 2. The van der Waals surface area contributed by atoms with Gasteiger partial charge >= 0.3 is 0 Å². The predicted octanol–water partition coefficient (Wildman–Crippen LogP) is 2.86. The fraction of sp³-hybridized carbons (Fsp3) is 0.0526. The van der Waals surface area contributed by atoms with Crippen molar-refractivity contribution >= 4 is 22.7 Å². The first-order valence-electron chi connectivity index (χ1n) is 8.20. The van der Waals surface area contributed by atoms with Gasteiger partial charge in [-0.25, -0.2) is 18.4 Å². The average Bonchev–Trinajstić information content (AvgIpc) is 3.06. The molecule has 0 fully saturated rings. The van der Waals surface area contributed by atoms with Crippen LogP contribution in [0.4, 0.5) is 20.4 Å². The molecule has 0 spiro atoms. The van der Waals surface area contributed by atoms with Gasteiger partial charge in [-0.15, -0.1) is 0 Å². The summed E-state index contributed by atoms with van der Waals surface area (Å²) >= 11 is 0. The lowest BCUT2D eigenvalue weighted by molar-refractivity contribution is 0.590. The van der Waals surface area contributed by atoms with Crippen molar-refractivity contribution in [2.45, 2.75) is 6.54 Å². The lowest BCUT2D eigenvalue weighted by atomic mass is 10.1. The number of rotatable bonds is 3. The van der Waals surface area contributed by atoms with Gasteiger partial charge in [-0.1, -0.05) is 12.1 Å². The Balaban J connectivity index is 1.87. The highest BCUT2D eigenvalue weighted by Gasteiger charge is 2.18. The first kappa shape index (κ1) is 17.4. The smallest absolute Gasteiger partial charge is 0.222 e. The van der Waals surface area contributed by atoms with E-state index in [1.807, 2.05) is 0 Å². The molecule has 4 rings (SSSR count). The lowest BCUT2D eigenvalue weighted by Gasteiger charge is -2.08. The van der Waals surface area contributed by atoms with Gasteiger partial charge in [0.1, 0.15) is 17.7 Å². The molecule has 0 aliphatic heterocycles. The minimum absolute atomic E-state index is 0.0756. The van der Waals surface area contributed by atoms with Crippen molar-refractivity contribution in [2.75, 3.05) is 11.5 Å². The molecule has 0 atom stereocenters. The SMILES string of the molecule is N#Cc1cccc(-c2nc(N)nc3c2cnn3Cc2ccc(N)cc2F)c1F. The Hall–Kier alpha value is -4.06. The highest BCUT2D eigenvalue weighted by atomic mass is 19.1. The topological polar surface area (TPSA) is 119 Å². The molecule has 7 nitrogen and oxygen atoms in total. The molecule has 0 radical (unpaired) electrons. The van der Waals surface area contributed by atoms with Crippen molar-refractivity contribution < 1.29 is 8.78 Å². The second kappa shape index (κ2) is 6.59. The van der Waals surface area contributed by atoms with Gasteiger partial charge in [0.25, 0.3) is 0 Å². The van der Waals surface area contributed by atoms with Gasteiger partial charge in [-0.2, -0.15) is 15.3 Å². The number of fused-ring (bicyclic) bond motifs is 1. The van der Waals surface area contributed by atoms with Crippen molar-refractivity contribution in [1.29, 1.82) is 5.26 Å². The Labute approximate surface area is 157 Å². The second-order valence-electron chi connectivity index (χ2n) is 6.10. The van der Waals surface area contributed by atoms with Gasteiger partial charge < -0.3 is 11.5 Å². The Kier molecular flexibility index (Phi) is 4.08. The van der Waals surface area contributed by atoms with Crippen molar-refractivity contribution in [3.05, 3.63) is 65.4 Å². The number of nitrogen functional groups attached to an aromatic ring is 2. The Bertz CT molecular complexity index is 1260. The fourth-order valence-corrected chi connectivity index (χ4v) is 2.95. The lowest BCUT2D eigenvalue weighted by Crippen LogP contribution is -2.07. The van der Waals surface area contributed by atoms with Crippen molar-refractivity contribution in [1.82, 2.24) is 19.7 Å². The third-order valence-corrected chi connectivity index (χ3v) is 4.29. The Morgan fingerprint density at radius 1 is 1.11 bits per heavy atom. The van der Waals surface area contributed by atoms with Gasteiger partial charge in [0.2, 0.25) is 5.95 Å². The van der Waals surface area contributed by atoms with E-state index in [1.165, 1.54) is 29.1 Å². The second-order valence-corrected chi connectivity index (χ2v) is 6.10. The van der Waals surface area contributed by atoms with E-state index in [4.69, 9.17) is 16.7 Å². The number of nitriles is 1. The molecule has 2 aromatic carbocycles. The summed E-state index contributed by atoms with van der Waals surface area (Å²) in [5, 5.41) is 13.7. The maximum atomic E-state index is 14.7. The summed E-state index contributed by atoms with van der Waals surface area (Å²) in [5.41, 5.74) is 12.6. The normalized spacial score (nSPS) is 10.9. The first-order valence-corrected chi connectivity index (χ1v) is 8.20. The molecule has 138 valence electrons. The van der Waals surface area contributed by atoms with E-state index in [9.17, 15) is 8.78 Å². The van der Waals surface area contributed by atoms with Crippen molar-refractivity contribution in [2.24, 2.45) is 0 Å². The van der Waals surface area contributed by atoms with Gasteiger partial charge in [0, 0.05) is 16.8 Å². The zero-order valence-electron chi connectivity index (χ0n) is 14.4. The van der Waals surface area contributed by atoms with Crippen LogP contribution in [0.2, 0.25) is 0 Å². The highest BCUT2D eigenvalue weighted by Crippen LogP contribution is 2.30. The van der Waals surface area contributed by atoms with Gasteiger partial charge in [0.05, 0.1) is 29.4 Å². The van der Waals surface area contributed by atoms with Gasteiger partial charge in [-0.3, -0.25) is 0 Å². The van der Waals surface area contributed by atoms with Crippen LogP contribution in [0.1, 0.15) is 11.1 Å². The highest BCUT2D eigenvalue weighted by molar-refractivity contribution is 5.91. The van der Waals surface area contributed by atoms with E-state index in [0.29, 0.717) is 22.3 Å². The van der Waals surface area contributed by atoms with Crippen LogP contribution in [-0.2, 0) is 6.54 Å². The summed E-state index contributed by atoms with van der Waals surface area (Å²) in [6.07, 6.45) is 1.46. The predicted molar refractivity (Wildman–Crippen MR) is 99.8 cm³/mol. The molecular formula is C19H13F2N7. The summed E-state index contributed by atoms with van der Waals surface area (Å²) in [6, 6.07) is 10.6. The molecule has 0 bridgehead atoms. The van der Waals surface area contributed by atoms with Crippen LogP contribution in [0.3, 0.4) is 0 Å². The number of benzene rings is 2. The largest absolute Gasteiger partial charge is 0.399 e.